The second-order valence-electron chi connectivity index (χ2n) is 5.82. The molecule has 1 aromatic heterocycles. The van der Waals surface area contributed by atoms with Crippen molar-refractivity contribution in [2.45, 2.75) is 6.54 Å². The van der Waals surface area contributed by atoms with E-state index in [-0.39, 0.29) is 5.56 Å². The fourth-order valence-electron chi connectivity index (χ4n) is 2.51. The van der Waals surface area contributed by atoms with Crippen molar-refractivity contribution >= 4 is 17.3 Å². The summed E-state index contributed by atoms with van der Waals surface area (Å²) in [5.41, 5.74) is 1.57. The summed E-state index contributed by atoms with van der Waals surface area (Å²) in [6.45, 7) is 0.634. The van der Waals surface area contributed by atoms with Crippen LogP contribution in [0.4, 0.5) is 20.2 Å². The highest BCUT2D eigenvalue weighted by atomic mass is 19.1. The number of hydrogen-bond acceptors (Lipinski definition) is 3. The van der Waals surface area contributed by atoms with Crippen LogP contribution in [-0.4, -0.2) is 17.9 Å². The number of hydrogen-bond donors (Lipinski definition) is 1. The van der Waals surface area contributed by atoms with Crippen LogP contribution in [0.2, 0.25) is 0 Å². The Labute approximate surface area is 150 Å². The number of nitrogens with zero attached hydrogens (tertiary/aromatic N) is 2. The number of rotatable bonds is 5. The van der Waals surface area contributed by atoms with Gasteiger partial charge in [0.25, 0.3) is 5.91 Å². The lowest BCUT2D eigenvalue weighted by molar-refractivity contribution is 0.102. The third kappa shape index (κ3) is 4.03. The number of aromatic nitrogens is 1. The molecule has 0 spiro atoms. The summed E-state index contributed by atoms with van der Waals surface area (Å²) in [5.74, 6) is -2.29. The highest BCUT2D eigenvalue weighted by Gasteiger charge is 2.15. The molecule has 0 bridgehead atoms. The lowest BCUT2D eigenvalue weighted by Gasteiger charge is -2.19. The second-order valence-corrected chi connectivity index (χ2v) is 5.82. The van der Waals surface area contributed by atoms with Crippen LogP contribution in [0.3, 0.4) is 0 Å². The Balaban J connectivity index is 1.77. The second kappa shape index (κ2) is 7.74. The molecular formula is C20H17F2N3O. The van der Waals surface area contributed by atoms with Gasteiger partial charge in [-0.05, 0) is 23.8 Å². The average Bonchev–Trinajstić information content (AvgIpc) is 2.65. The maximum Gasteiger partial charge on any atom is 0.257 e. The van der Waals surface area contributed by atoms with Crippen LogP contribution in [0.15, 0.2) is 67.0 Å². The Morgan fingerprint density at radius 2 is 1.73 bits per heavy atom. The van der Waals surface area contributed by atoms with Crippen LogP contribution < -0.4 is 10.2 Å². The lowest BCUT2D eigenvalue weighted by atomic mass is 10.2. The molecule has 0 fully saturated rings. The highest BCUT2D eigenvalue weighted by molar-refractivity contribution is 6.04. The topological polar surface area (TPSA) is 45.2 Å². The molecule has 0 saturated carbocycles. The fraction of sp³-hybridized carbons (Fsp3) is 0.100. The number of pyridine rings is 1. The summed E-state index contributed by atoms with van der Waals surface area (Å²) < 4.78 is 27.4. The number of carbonyl (C=O) groups excluding carboxylic acids is 1. The van der Waals surface area contributed by atoms with E-state index < -0.39 is 23.2 Å². The quantitative estimate of drug-likeness (QED) is 0.746. The molecule has 0 unspecified atom stereocenters. The molecule has 1 heterocycles. The van der Waals surface area contributed by atoms with Crippen molar-refractivity contribution in [3.05, 3.63) is 89.8 Å². The minimum absolute atomic E-state index is 0.213. The zero-order valence-corrected chi connectivity index (χ0v) is 14.1. The smallest absolute Gasteiger partial charge is 0.257 e. The minimum Gasteiger partial charge on any atom is -0.369 e. The molecule has 0 aliphatic carbocycles. The first-order chi connectivity index (χ1) is 12.5. The number of benzene rings is 2. The molecule has 0 atom stereocenters. The number of para-hydroxylation sites is 1. The Morgan fingerprint density at radius 3 is 2.42 bits per heavy atom. The number of amides is 1. The number of anilines is 2. The van der Waals surface area contributed by atoms with Gasteiger partial charge >= 0.3 is 0 Å². The predicted octanol–water partition coefficient (Wildman–Crippen LogP) is 4.25. The maximum atomic E-state index is 13.7. The summed E-state index contributed by atoms with van der Waals surface area (Å²) in [5, 5.41) is 2.26. The molecule has 0 saturated heterocycles. The third-order valence-electron chi connectivity index (χ3n) is 3.89. The van der Waals surface area contributed by atoms with Crippen molar-refractivity contribution in [3.8, 4) is 0 Å². The molecule has 2 aromatic carbocycles. The first-order valence-electron chi connectivity index (χ1n) is 8.00. The highest BCUT2D eigenvalue weighted by Crippen LogP contribution is 2.20. The zero-order chi connectivity index (χ0) is 18.5. The van der Waals surface area contributed by atoms with E-state index in [0.717, 1.165) is 23.4 Å². The summed E-state index contributed by atoms with van der Waals surface area (Å²) >= 11 is 0. The van der Waals surface area contributed by atoms with Crippen LogP contribution in [0.5, 0.6) is 0 Å². The molecule has 6 heteroatoms. The maximum absolute atomic E-state index is 13.7. The van der Waals surface area contributed by atoms with Gasteiger partial charge in [0.05, 0.1) is 17.4 Å². The van der Waals surface area contributed by atoms with Gasteiger partial charge in [0, 0.05) is 19.8 Å². The van der Waals surface area contributed by atoms with Crippen LogP contribution in [0, 0.1) is 11.6 Å². The van der Waals surface area contributed by atoms with Crippen molar-refractivity contribution in [2.24, 2.45) is 0 Å². The van der Waals surface area contributed by atoms with Gasteiger partial charge in [-0.25, -0.2) is 8.78 Å². The standard InChI is InChI=1S/C20H17F2N3O/c1-25(13-14-6-3-2-4-7-14)16-10-15(11-23-12-16)20(26)24-19-17(21)8-5-9-18(19)22/h2-12H,13H2,1H3,(H,24,26). The summed E-state index contributed by atoms with van der Waals surface area (Å²) in [7, 11) is 1.88. The Bertz CT molecular complexity index is 896. The van der Waals surface area contributed by atoms with E-state index >= 15 is 0 Å². The minimum atomic E-state index is -0.830. The molecule has 3 rings (SSSR count). The monoisotopic (exact) mass is 353 g/mol. The Kier molecular flexibility index (Phi) is 5.22. The molecule has 1 amide bonds. The SMILES string of the molecule is CN(Cc1ccccc1)c1cncc(C(=O)Nc2c(F)cccc2F)c1. The summed E-state index contributed by atoms with van der Waals surface area (Å²) in [6.07, 6.45) is 2.98. The molecule has 132 valence electrons. The van der Waals surface area contributed by atoms with Crippen molar-refractivity contribution in [3.63, 3.8) is 0 Å². The predicted molar refractivity (Wildman–Crippen MR) is 97.1 cm³/mol. The van der Waals surface area contributed by atoms with Crippen LogP contribution in [0.25, 0.3) is 0 Å². The van der Waals surface area contributed by atoms with E-state index in [1.165, 1.54) is 12.3 Å². The first-order valence-corrected chi connectivity index (χ1v) is 8.00. The van der Waals surface area contributed by atoms with E-state index in [0.29, 0.717) is 6.54 Å². The first kappa shape index (κ1) is 17.5. The van der Waals surface area contributed by atoms with Crippen molar-refractivity contribution in [1.82, 2.24) is 4.98 Å². The van der Waals surface area contributed by atoms with Gasteiger partial charge in [0.2, 0.25) is 0 Å². The van der Waals surface area contributed by atoms with Gasteiger partial charge in [0.1, 0.15) is 17.3 Å². The van der Waals surface area contributed by atoms with Crippen molar-refractivity contribution in [1.29, 1.82) is 0 Å². The van der Waals surface area contributed by atoms with Gasteiger partial charge in [-0.1, -0.05) is 36.4 Å². The van der Waals surface area contributed by atoms with Gasteiger partial charge in [-0.15, -0.1) is 0 Å². The molecule has 1 N–H and O–H groups in total. The van der Waals surface area contributed by atoms with Crippen molar-refractivity contribution in [2.75, 3.05) is 17.3 Å². The normalized spacial score (nSPS) is 10.4. The molecule has 0 aliphatic rings. The van der Waals surface area contributed by atoms with Gasteiger partial charge < -0.3 is 10.2 Å². The zero-order valence-electron chi connectivity index (χ0n) is 14.1. The summed E-state index contributed by atoms with van der Waals surface area (Å²) in [6, 6.07) is 14.9. The molecule has 0 radical (unpaired) electrons. The van der Waals surface area contributed by atoms with Gasteiger partial charge in [-0.3, -0.25) is 9.78 Å². The Morgan fingerprint density at radius 1 is 1.04 bits per heavy atom. The van der Waals surface area contributed by atoms with Crippen LogP contribution >= 0.6 is 0 Å². The number of carbonyl (C=O) groups is 1. The van der Waals surface area contributed by atoms with E-state index in [1.807, 2.05) is 42.3 Å². The number of nitrogens with one attached hydrogen (secondary N) is 1. The fourth-order valence-corrected chi connectivity index (χ4v) is 2.51. The van der Waals surface area contributed by atoms with E-state index in [1.54, 1.807) is 12.3 Å². The molecule has 26 heavy (non-hydrogen) atoms. The molecule has 3 aromatic rings. The average molecular weight is 353 g/mol. The lowest BCUT2D eigenvalue weighted by Crippen LogP contribution is -2.19. The van der Waals surface area contributed by atoms with Crippen molar-refractivity contribution < 1.29 is 13.6 Å². The molecule has 0 aliphatic heterocycles. The third-order valence-corrected chi connectivity index (χ3v) is 3.89. The van der Waals surface area contributed by atoms with E-state index in [2.05, 4.69) is 10.3 Å². The molecule has 4 nitrogen and oxygen atoms in total. The van der Waals surface area contributed by atoms with E-state index in [9.17, 15) is 13.6 Å². The van der Waals surface area contributed by atoms with Gasteiger partial charge in [0.15, 0.2) is 0 Å². The summed E-state index contributed by atoms with van der Waals surface area (Å²) in [4.78, 5) is 18.3. The Hall–Kier alpha value is -3.28. The largest absolute Gasteiger partial charge is 0.369 e. The van der Waals surface area contributed by atoms with Crippen LogP contribution in [-0.2, 0) is 6.54 Å². The van der Waals surface area contributed by atoms with Gasteiger partial charge in [-0.2, -0.15) is 0 Å². The number of halogens is 2. The van der Waals surface area contributed by atoms with Crippen LogP contribution in [0.1, 0.15) is 15.9 Å². The van der Waals surface area contributed by atoms with E-state index in [4.69, 9.17) is 0 Å². The molecular weight excluding hydrogens is 336 g/mol.